The highest BCUT2D eigenvalue weighted by Crippen LogP contribution is 2.28. The molecule has 2 aliphatic rings. The van der Waals surface area contributed by atoms with Gasteiger partial charge in [0, 0.05) is 44.8 Å². The molecule has 0 spiro atoms. The number of aliphatic imine (C=N–C) groups is 1. The van der Waals surface area contributed by atoms with Gasteiger partial charge in [-0.25, -0.2) is 4.39 Å². The number of hydrogen-bond acceptors (Lipinski definition) is 4. The quantitative estimate of drug-likeness (QED) is 0.532. The van der Waals surface area contributed by atoms with Gasteiger partial charge in [0.25, 0.3) is 0 Å². The summed E-state index contributed by atoms with van der Waals surface area (Å²) in [7, 11) is 1.71. The maximum Gasteiger partial charge on any atom is 0.225 e. The van der Waals surface area contributed by atoms with E-state index in [0.717, 1.165) is 31.4 Å². The number of carbonyl (C=O) groups is 1. The van der Waals surface area contributed by atoms with Crippen LogP contribution in [0.5, 0.6) is 11.5 Å². The van der Waals surface area contributed by atoms with Crippen LogP contribution in [0.4, 0.5) is 4.39 Å². The number of hydrogen-bond donors (Lipinski definition) is 2. The van der Waals surface area contributed by atoms with Crippen molar-refractivity contribution in [1.82, 2.24) is 20.5 Å². The first-order valence-corrected chi connectivity index (χ1v) is 11.2. The molecule has 0 bridgehead atoms. The highest BCUT2D eigenvalue weighted by Gasteiger charge is 2.32. The second kappa shape index (κ2) is 10.4. The molecule has 2 aromatic rings. The Kier molecular flexibility index (Phi) is 7.19. The average molecular weight is 440 g/mol. The molecule has 2 fully saturated rings. The number of guanidine groups is 1. The Balaban J connectivity index is 1.26. The fraction of sp³-hybridized carbons (Fsp3) is 0.458. The van der Waals surface area contributed by atoms with Gasteiger partial charge >= 0.3 is 0 Å². The van der Waals surface area contributed by atoms with Crippen molar-refractivity contribution in [1.29, 1.82) is 0 Å². The van der Waals surface area contributed by atoms with Gasteiger partial charge in [-0.3, -0.25) is 14.8 Å². The van der Waals surface area contributed by atoms with Gasteiger partial charge < -0.3 is 20.3 Å². The molecule has 170 valence electrons. The summed E-state index contributed by atoms with van der Waals surface area (Å²) < 4.78 is 20.0. The van der Waals surface area contributed by atoms with E-state index < -0.39 is 5.82 Å². The Morgan fingerprint density at radius 2 is 2.12 bits per heavy atom. The zero-order valence-electron chi connectivity index (χ0n) is 18.4. The van der Waals surface area contributed by atoms with Crippen LogP contribution in [0.25, 0.3) is 0 Å². The first-order chi connectivity index (χ1) is 15.6. The molecule has 1 amide bonds. The van der Waals surface area contributed by atoms with Gasteiger partial charge in [0.2, 0.25) is 5.91 Å². The Bertz CT molecular complexity index is 947. The number of rotatable bonds is 6. The van der Waals surface area contributed by atoms with Crippen molar-refractivity contribution < 1.29 is 13.9 Å². The van der Waals surface area contributed by atoms with Crippen molar-refractivity contribution in [3.63, 3.8) is 0 Å². The summed E-state index contributed by atoms with van der Waals surface area (Å²) in [5.74, 6) is 1.36. The predicted octanol–water partition coefficient (Wildman–Crippen LogP) is 3.47. The van der Waals surface area contributed by atoms with Gasteiger partial charge in [-0.05, 0) is 49.1 Å². The van der Waals surface area contributed by atoms with Crippen LogP contribution in [0.3, 0.4) is 0 Å². The van der Waals surface area contributed by atoms with E-state index in [1.807, 2.05) is 11.0 Å². The van der Waals surface area contributed by atoms with Gasteiger partial charge in [0.05, 0.1) is 6.20 Å². The zero-order valence-corrected chi connectivity index (χ0v) is 18.4. The fourth-order valence-electron chi connectivity index (χ4n) is 4.35. The second-order valence-corrected chi connectivity index (χ2v) is 8.38. The van der Waals surface area contributed by atoms with Gasteiger partial charge in [-0.1, -0.05) is 18.9 Å². The molecule has 0 radical (unpaired) electrons. The third kappa shape index (κ3) is 5.55. The smallest absolute Gasteiger partial charge is 0.225 e. The molecule has 1 aliphatic carbocycles. The third-order valence-electron chi connectivity index (χ3n) is 6.09. The lowest BCUT2D eigenvalue weighted by atomic mass is 10.1. The maximum absolute atomic E-state index is 14.5. The third-order valence-corrected chi connectivity index (χ3v) is 6.09. The Morgan fingerprint density at radius 3 is 2.84 bits per heavy atom. The van der Waals surface area contributed by atoms with Crippen LogP contribution in [0, 0.1) is 11.7 Å². The summed E-state index contributed by atoms with van der Waals surface area (Å²) in [6.45, 7) is 1.90. The molecule has 1 atom stereocenters. The Morgan fingerprint density at radius 1 is 1.28 bits per heavy atom. The topological polar surface area (TPSA) is 78.9 Å². The van der Waals surface area contributed by atoms with E-state index >= 15 is 0 Å². The van der Waals surface area contributed by atoms with Crippen molar-refractivity contribution in [3.05, 3.63) is 54.1 Å². The molecule has 1 aromatic heterocycles. The summed E-state index contributed by atoms with van der Waals surface area (Å²) in [6, 6.07) is 8.50. The van der Waals surface area contributed by atoms with E-state index in [9.17, 15) is 9.18 Å². The van der Waals surface area contributed by atoms with E-state index in [0.29, 0.717) is 30.7 Å². The number of benzene rings is 1. The molecular formula is C24H30FN5O2. The summed E-state index contributed by atoms with van der Waals surface area (Å²) in [5.41, 5.74) is 0.772. The minimum Gasteiger partial charge on any atom is -0.453 e. The van der Waals surface area contributed by atoms with Crippen LogP contribution in [-0.4, -0.2) is 47.9 Å². The predicted molar refractivity (Wildman–Crippen MR) is 121 cm³/mol. The van der Waals surface area contributed by atoms with Crippen LogP contribution < -0.4 is 15.4 Å². The lowest BCUT2D eigenvalue weighted by molar-refractivity contribution is -0.134. The Labute approximate surface area is 188 Å². The number of carbonyl (C=O) groups excluding carboxylic acids is 1. The first kappa shape index (κ1) is 22.0. The number of nitrogens with zero attached hydrogens (tertiary/aromatic N) is 3. The number of nitrogens with one attached hydrogen (secondary N) is 2. The standard InChI is InChI=1S/C24H30FN5O2/c1-26-24(29-19-10-12-30(16-19)23(31)18-5-2-3-6-18)28-14-17-8-9-22(21(25)13-17)32-20-7-4-11-27-15-20/h4,7-9,11,13,15,18-19H,2-3,5-6,10,12,14,16H2,1H3,(H2,26,28,29). The number of pyridine rings is 1. The monoisotopic (exact) mass is 439 g/mol. The van der Waals surface area contributed by atoms with Crippen LogP contribution in [0.15, 0.2) is 47.7 Å². The number of ether oxygens (including phenoxy) is 1. The summed E-state index contributed by atoms with van der Waals surface area (Å²) in [5, 5.41) is 6.62. The summed E-state index contributed by atoms with van der Waals surface area (Å²) in [6.07, 6.45) is 8.46. The minimum absolute atomic E-state index is 0.155. The molecular weight excluding hydrogens is 409 g/mol. The second-order valence-electron chi connectivity index (χ2n) is 8.38. The molecule has 1 aliphatic heterocycles. The van der Waals surface area contributed by atoms with E-state index in [2.05, 4.69) is 20.6 Å². The van der Waals surface area contributed by atoms with Crippen molar-refractivity contribution >= 4 is 11.9 Å². The molecule has 1 aromatic carbocycles. The normalized spacial score (nSPS) is 19.2. The molecule has 7 nitrogen and oxygen atoms in total. The molecule has 1 saturated carbocycles. The largest absolute Gasteiger partial charge is 0.453 e. The number of likely N-dealkylation sites (tertiary alicyclic amines) is 1. The maximum atomic E-state index is 14.5. The van der Waals surface area contributed by atoms with E-state index in [1.54, 1.807) is 31.4 Å². The van der Waals surface area contributed by atoms with Crippen LogP contribution in [-0.2, 0) is 11.3 Å². The zero-order chi connectivity index (χ0) is 22.3. The SMILES string of the molecule is CN=C(NCc1ccc(Oc2cccnc2)c(F)c1)NC1CCN(C(=O)C2CCCC2)C1. The number of amides is 1. The van der Waals surface area contributed by atoms with Crippen LogP contribution >= 0.6 is 0 Å². The van der Waals surface area contributed by atoms with Crippen LogP contribution in [0.2, 0.25) is 0 Å². The highest BCUT2D eigenvalue weighted by atomic mass is 19.1. The molecule has 32 heavy (non-hydrogen) atoms. The molecule has 2 heterocycles. The molecule has 4 rings (SSSR count). The van der Waals surface area contributed by atoms with E-state index in [-0.39, 0.29) is 17.7 Å². The van der Waals surface area contributed by atoms with Gasteiger partial charge in [0.1, 0.15) is 5.75 Å². The highest BCUT2D eigenvalue weighted by molar-refractivity contribution is 5.81. The Hall–Kier alpha value is -3.16. The van der Waals surface area contributed by atoms with Crippen molar-refractivity contribution in [2.75, 3.05) is 20.1 Å². The first-order valence-electron chi connectivity index (χ1n) is 11.2. The molecule has 1 saturated heterocycles. The molecule has 8 heteroatoms. The molecule has 2 N–H and O–H groups in total. The number of halogens is 1. The van der Waals surface area contributed by atoms with E-state index in [1.165, 1.54) is 25.1 Å². The average Bonchev–Trinajstić information content (AvgIpc) is 3.51. The lowest BCUT2D eigenvalue weighted by Gasteiger charge is -2.21. The minimum atomic E-state index is -0.437. The van der Waals surface area contributed by atoms with Crippen LogP contribution in [0.1, 0.15) is 37.7 Å². The van der Waals surface area contributed by atoms with Gasteiger partial charge in [0.15, 0.2) is 17.5 Å². The van der Waals surface area contributed by atoms with E-state index in [4.69, 9.17) is 4.74 Å². The van der Waals surface area contributed by atoms with Crippen molar-refractivity contribution in [2.24, 2.45) is 10.9 Å². The summed E-state index contributed by atoms with van der Waals surface area (Å²) in [4.78, 5) is 22.9. The van der Waals surface area contributed by atoms with Crippen molar-refractivity contribution in [2.45, 2.75) is 44.7 Å². The lowest BCUT2D eigenvalue weighted by Crippen LogP contribution is -2.45. The van der Waals surface area contributed by atoms with Gasteiger partial charge in [-0.15, -0.1) is 0 Å². The van der Waals surface area contributed by atoms with Gasteiger partial charge in [-0.2, -0.15) is 0 Å². The molecule has 1 unspecified atom stereocenters. The summed E-state index contributed by atoms with van der Waals surface area (Å²) >= 11 is 0. The fourth-order valence-corrected chi connectivity index (χ4v) is 4.35. The number of aromatic nitrogens is 1. The van der Waals surface area contributed by atoms with Crippen molar-refractivity contribution in [3.8, 4) is 11.5 Å².